The first kappa shape index (κ1) is 16.0. The lowest BCUT2D eigenvalue weighted by Gasteiger charge is -2.43. The molecule has 124 valence electrons. The fraction of sp³-hybridized carbons (Fsp3) is 0.556. The van der Waals surface area contributed by atoms with Crippen molar-refractivity contribution >= 4 is 11.9 Å². The summed E-state index contributed by atoms with van der Waals surface area (Å²) in [5, 5.41) is 12.3. The summed E-state index contributed by atoms with van der Waals surface area (Å²) in [6.45, 7) is 0.229. The second kappa shape index (κ2) is 7.13. The van der Waals surface area contributed by atoms with Crippen molar-refractivity contribution < 1.29 is 19.4 Å². The molecule has 1 saturated carbocycles. The van der Waals surface area contributed by atoms with E-state index in [1.54, 1.807) is 0 Å². The van der Waals surface area contributed by atoms with Crippen LogP contribution in [0.2, 0.25) is 0 Å². The lowest BCUT2D eigenvalue weighted by Crippen LogP contribution is -2.58. The molecule has 0 radical (unpaired) electrons. The second-order valence-corrected chi connectivity index (χ2v) is 6.57. The first-order valence-electron chi connectivity index (χ1n) is 8.34. The Hall–Kier alpha value is -1.88. The largest absolute Gasteiger partial charge is 0.480 e. The van der Waals surface area contributed by atoms with Crippen LogP contribution in [-0.2, 0) is 20.9 Å². The molecule has 5 heteroatoms. The Bertz CT molecular complexity index is 559. The van der Waals surface area contributed by atoms with Crippen molar-refractivity contribution in [1.82, 2.24) is 5.32 Å². The molecule has 0 amide bonds. The topological polar surface area (TPSA) is 75.6 Å². The summed E-state index contributed by atoms with van der Waals surface area (Å²) in [6, 6.07) is 8.38. The number of benzene rings is 1. The zero-order chi connectivity index (χ0) is 16.2. The van der Waals surface area contributed by atoms with Crippen LogP contribution in [0.3, 0.4) is 0 Å². The van der Waals surface area contributed by atoms with Crippen LogP contribution in [0.4, 0.5) is 0 Å². The third-order valence-electron chi connectivity index (χ3n) is 5.09. The predicted octanol–water partition coefficient (Wildman–Crippen LogP) is 2.35. The molecule has 0 unspecified atom stereocenters. The Morgan fingerprint density at radius 2 is 1.91 bits per heavy atom. The lowest BCUT2D eigenvalue weighted by atomic mass is 9.70. The molecule has 4 atom stereocenters. The van der Waals surface area contributed by atoms with Crippen molar-refractivity contribution in [3.8, 4) is 0 Å². The molecule has 1 heterocycles. The molecule has 2 fully saturated rings. The van der Waals surface area contributed by atoms with E-state index < -0.39 is 18.1 Å². The molecule has 1 aliphatic heterocycles. The molecule has 2 aliphatic rings. The van der Waals surface area contributed by atoms with Gasteiger partial charge in [0.15, 0.2) is 0 Å². The second-order valence-electron chi connectivity index (χ2n) is 6.57. The molecule has 1 saturated heterocycles. The average molecular weight is 317 g/mol. The fourth-order valence-corrected chi connectivity index (χ4v) is 3.91. The summed E-state index contributed by atoms with van der Waals surface area (Å²) in [4.78, 5) is 23.9. The maximum absolute atomic E-state index is 12.5. The van der Waals surface area contributed by atoms with Crippen LogP contribution in [0, 0.1) is 11.8 Å². The van der Waals surface area contributed by atoms with E-state index in [0.717, 1.165) is 31.2 Å². The van der Waals surface area contributed by atoms with Crippen molar-refractivity contribution in [2.75, 3.05) is 0 Å². The van der Waals surface area contributed by atoms with E-state index >= 15 is 0 Å². The van der Waals surface area contributed by atoms with Crippen molar-refractivity contribution in [2.45, 2.75) is 50.8 Å². The van der Waals surface area contributed by atoms with Crippen LogP contribution in [-0.4, -0.2) is 29.1 Å². The van der Waals surface area contributed by atoms with E-state index in [1.165, 1.54) is 0 Å². The minimum absolute atomic E-state index is 0.197. The molecule has 1 aromatic carbocycles. The van der Waals surface area contributed by atoms with Crippen LogP contribution in [0.1, 0.15) is 37.7 Å². The molecule has 0 aromatic heterocycles. The highest BCUT2D eigenvalue weighted by molar-refractivity contribution is 5.79. The number of piperidine rings is 1. The number of rotatable bonds is 4. The normalized spacial score (nSPS) is 30.3. The Morgan fingerprint density at radius 3 is 2.65 bits per heavy atom. The first-order chi connectivity index (χ1) is 11.1. The minimum Gasteiger partial charge on any atom is -0.480 e. The Morgan fingerprint density at radius 1 is 1.17 bits per heavy atom. The van der Waals surface area contributed by atoms with Crippen molar-refractivity contribution in [2.24, 2.45) is 11.8 Å². The maximum atomic E-state index is 12.5. The SMILES string of the molecule is O=C(OCc1ccccc1)[C@H]1N[C@@H](C(=O)O)C[C@@H]2CCCC[C@@H]21. The van der Waals surface area contributed by atoms with Gasteiger partial charge in [0.25, 0.3) is 0 Å². The van der Waals surface area contributed by atoms with Gasteiger partial charge in [0, 0.05) is 0 Å². The van der Waals surface area contributed by atoms with E-state index in [9.17, 15) is 14.7 Å². The molecule has 23 heavy (non-hydrogen) atoms. The maximum Gasteiger partial charge on any atom is 0.323 e. The van der Waals surface area contributed by atoms with Gasteiger partial charge in [0.05, 0.1) is 0 Å². The molecule has 0 spiro atoms. The Labute approximate surface area is 136 Å². The smallest absolute Gasteiger partial charge is 0.323 e. The lowest BCUT2D eigenvalue weighted by molar-refractivity contribution is -0.154. The van der Waals surface area contributed by atoms with Crippen LogP contribution in [0.15, 0.2) is 30.3 Å². The number of aliphatic carboxylic acids is 1. The van der Waals surface area contributed by atoms with E-state index in [2.05, 4.69) is 5.32 Å². The Kier molecular flexibility index (Phi) is 4.96. The highest BCUT2D eigenvalue weighted by atomic mass is 16.5. The number of carboxylic acid groups (broad SMARTS) is 1. The summed E-state index contributed by atoms with van der Waals surface area (Å²) in [5.74, 6) is -0.699. The standard InChI is InChI=1S/C18H23NO4/c20-17(21)15-10-13-8-4-5-9-14(13)16(19-15)18(22)23-11-12-6-2-1-3-7-12/h1-3,6-7,13-16,19H,4-5,8-11H2,(H,20,21)/t13-,14-,15+,16-/m0/s1. The van der Waals surface area contributed by atoms with Gasteiger partial charge in [-0.25, -0.2) is 0 Å². The predicted molar refractivity (Wildman–Crippen MR) is 84.7 cm³/mol. The van der Waals surface area contributed by atoms with Crippen LogP contribution < -0.4 is 5.32 Å². The number of fused-ring (bicyclic) bond motifs is 1. The zero-order valence-electron chi connectivity index (χ0n) is 13.1. The van der Waals surface area contributed by atoms with E-state index in [-0.39, 0.29) is 18.5 Å². The van der Waals surface area contributed by atoms with Crippen LogP contribution in [0.5, 0.6) is 0 Å². The fourth-order valence-electron chi connectivity index (χ4n) is 3.91. The number of hydrogen-bond acceptors (Lipinski definition) is 4. The minimum atomic E-state index is -0.880. The number of carboxylic acids is 1. The van der Waals surface area contributed by atoms with E-state index in [4.69, 9.17) is 4.74 Å². The van der Waals surface area contributed by atoms with Gasteiger partial charge in [-0.1, -0.05) is 49.6 Å². The van der Waals surface area contributed by atoms with Crippen molar-refractivity contribution in [3.05, 3.63) is 35.9 Å². The highest BCUT2D eigenvalue weighted by Gasteiger charge is 2.44. The number of nitrogens with one attached hydrogen (secondary N) is 1. The third-order valence-corrected chi connectivity index (χ3v) is 5.09. The number of ether oxygens (including phenoxy) is 1. The molecule has 3 rings (SSSR count). The quantitative estimate of drug-likeness (QED) is 0.834. The van der Waals surface area contributed by atoms with E-state index in [1.807, 2.05) is 30.3 Å². The monoisotopic (exact) mass is 317 g/mol. The van der Waals surface area contributed by atoms with Gasteiger partial charge >= 0.3 is 11.9 Å². The zero-order valence-corrected chi connectivity index (χ0v) is 13.1. The molecule has 1 aromatic rings. The summed E-state index contributed by atoms with van der Waals surface area (Å²) in [6.07, 6.45) is 4.82. The third kappa shape index (κ3) is 3.72. The van der Waals surface area contributed by atoms with Gasteiger partial charge in [-0.15, -0.1) is 0 Å². The molecule has 5 nitrogen and oxygen atoms in total. The van der Waals surface area contributed by atoms with Gasteiger partial charge in [-0.3, -0.25) is 14.9 Å². The van der Waals surface area contributed by atoms with Gasteiger partial charge in [-0.05, 0) is 30.2 Å². The number of hydrogen-bond donors (Lipinski definition) is 2. The van der Waals surface area contributed by atoms with Gasteiger partial charge in [-0.2, -0.15) is 0 Å². The van der Waals surface area contributed by atoms with E-state index in [0.29, 0.717) is 12.3 Å². The molecule has 0 bridgehead atoms. The summed E-state index contributed by atoms with van der Waals surface area (Å²) >= 11 is 0. The molecule has 1 aliphatic carbocycles. The van der Waals surface area contributed by atoms with Crippen molar-refractivity contribution in [1.29, 1.82) is 0 Å². The van der Waals surface area contributed by atoms with Crippen molar-refractivity contribution in [3.63, 3.8) is 0 Å². The number of carbonyl (C=O) groups is 2. The van der Waals surface area contributed by atoms with Gasteiger partial charge < -0.3 is 9.84 Å². The number of carbonyl (C=O) groups excluding carboxylic acids is 1. The van der Waals surface area contributed by atoms with Gasteiger partial charge in [0.2, 0.25) is 0 Å². The summed E-state index contributed by atoms with van der Waals surface area (Å²) in [7, 11) is 0. The number of esters is 1. The van der Waals surface area contributed by atoms with Crippen LogP contribution >= 0.6 is 0 Å². The summed E-state index contributed by atoms with van der Waals surface area (Å²) < 4.78 is 5.45. The molecule has 2 N–H and O–H groups in total. The highest BCUT2D eigenvalue weighted by Crippen LogP contribution is 2.38. The first-order valence-corrected chi connectivity index (χ1v) is 8.34. The average Bonchev–Trinajstić information content (AvgIpc) is 2.59. The molecular formula is C18H23NO4. The molecular weight excluding hydrogens is 294 g/mol. The Balaban J connectivity index is 1.67. The van der Waals surface area contributed by atoms with Gasteiger partial charge in [0.1, 0.15) is 18.7 Å². The van der Waals surface area contributed by atoms with Crippen LogP contribution in [0.25, 0.3) is 0 Å². The summed E-state index contributed by atoms with van der Waals surface area (Å²) in [5.41, 5.74) is 0.937.